The first-order valence-corrected chi connectivity index (χ1v) is 5.06. The largest absolute Gasteiger partial charge is 0.416 e. The van der Waals surface area contributed by atoms with Crippen LogP contribution in [0.15, 0.2) is 18.2 Å². The molecular formula is C11H11F4N. The monoisotopic (exact) mass is 233 g/mol. The van der Waals surface area contributed by atoms with Crippen LogP contribution in [0.2, 0.25) is 0 Å². The smallest absolute Gasteiger partial charge is 0.316 e. The summed E-state index contributed by atoms with van der Waals surface area (Å²) in [6.45, 7) is 1.16. The highest BCUT2D eigenvalue weighted by Crippen LogP contribution is 2.37. The Bertz CT molecular complexity index is 380. The molecule has 0 aromatic heterocycles. The molecule has 0 saturated carbocycles. The minimum Gasteiger partial charge on any atom is -0.316 e. The summed E-state index contributed by atoms with van der Waals surface area (Å²) in [7, 11) is 0. The van der Waals surface area contributed by atoms with Gasteiger partial charge in [-0.3, -0.25) is 0 Å². The zero-order valence-electron chi connectivity index (χ0n) is 8.44. The first kappa shape index (κ1) is 11.4. The van der Waals surface area contributed by atoms with Crippen molar-refractivity contribution in [1.82, 2.24) is 5.32 Å². The van der Waals surface area contributed by atoms with E-state index in [1.165, 1.54) is 0 Å². The fraction of sp³-hybridized carbons (Fsp3) is 0.455. The summed E-state index contributed by atoms with van der Waals surface area (Å²) < 4.78 is 51.1. The van der Waals surface area contributed by atoms with Crippen LogP contribution >= 0.6 is 0 Å². The van der Waals surface area contributed by atoms with Crippen molar-refractivity contribution in [2.45, 2.75) is 18.5 Å². The zero-order chi connectivity index (χ0) is 11.8. The standard InChI is InChI=1S/C11H11F4N/c12-8-1-2-10(11(13,14)15)9(5-8)7-3-4-16-6-7/h1-2,5,7,16H,3-4,6H2/t7-/m0/s1. The molecule has 1 nitrogen and oxygen atoms in total. The van der Waals surface area contributed by atoms with E-state index in [0.29, 0.717) is 19.5 Å². The van der Waals surface area contributed by atoms with Crippen molar-refractivity contribution in [1.29, 1.82) is 0 Å². The lowest BCUT2D eigenvalue weighted by Gasteiger charge is -2.17. The average Bonchev–Trinajstić information content (AvgIpc) is 2.68. The summed E-state index contributed by atoms with van der Waals surface area (Å²) in [6, 6.07) is 2.68. The SMILES string of the molecule is Fc1ccc(C(F)(F)F)c([C@H]2CCNC2)c1. The molecule has 0 amide bonds. The Labute approximate surface area is 90.5 Å². The lowest BCUT2D eigenvalue weighted by Crippen LogP contribution is -2.14. The van der Waals surface area contributed by atoms with Crippen LogP contribution in [0.1, 0.15) is 23.5 Å². The number of halogens is 4. The third kappa shape index (κ3) is 2.19. The zero-order valence-corrected chi connectivity index (χ0v) is 8.44. The number of rotatable bonds is 1. The van der Waals surface area contributed by atoms with Crippen LogP contribution in [0.5, 0.6) is 0 Å². The van der Waals surface area contributed by atoms with Gasteiger partial charge in [-0.1, -0.05) is 0 Å². The quantitative estimate of drug-likeness (QED) is 0.735. The van der Waals surface area contributed by atoms with Crippen molar-refractivity contribution in [3.05, 3.63) is 35.1 Å². The lowest BCUT2D eigenvalue weighted by molar-refractivity contribution is -0.138. The van der Waals surface area contributed by atoms with Crippen LogP contribution in [0, 0.1) is 5.82 Å². The van der Waals surface area contributed by atoms with Crippen molar-refractivity contribution < 1.29 is 17.6 Å². The molecule has 16 heavy (non-hydrogen) atoms. The second-order valence-electron chi connectivity index (χ2n) is 3.92. The van der Waals surface area contributed by atoms with E-state index in [1.807, 2.05) is 0 Å². The topological polar surface area (TPSA) is 12.0 Å². The summed E-state index contributed by atoms with van der Waals surface area (Å²) in [6.07, 6.45) is -3.79. The highest BCUT2D eigenvalue weighted by atomic mass is 19.4. The van der Waals surface area contributed by atoms with Gasteiger partial charge in [0, 0.05) is 6.54 Å². The molecule has 2 rings (SSSR count). The van der Waals surface area contributed by atoms with E-state index in [2.05, 4.69) is 5.32 Å². The van der Waals surface area contributed by atoms with Crippen molar-refractivity contribution >= 4 is 0 Å². The Balaban J connectivity index is 2.43. The number of nitrogens with one attached hydrogen (secondary N) is 1. The maximum atomic E-state index is 13.0. The summed E-state index contributed by atoms with van der Waals surface area (Å²) in [5.41, 5.74) is -0.653. The molecule has 1 aliphatic rings. The van der Waals surface area contributed by atoms with Gasteiger partial charge in [-0.25, -0.2) is 4.39 Å². The van der Waals surface area contributed by atoms with E-state index in [0.717, 1.165) is 18.2 Å². The van der Waals surface area contributed by atoms with Crippen molar-refractivity contribution in [3.63, 3.8) is 0 Å². The molecule has 0 bridgehead atoms. The molecule has 1 aromatic rings. The van der Waals surface area contributed by atoms with Gasteiger partial charge in [0.1, 0.15) is 5.82 Å². The van der Waals surface area contributed by atoms with E-state index in [9.17, 15) is 17.6 Å². The average molecular weight is 233 g/mol. The van der Waals surface area contributed by atoms with Gasteiger partial charge in [-0.15, -0.1) is 0 Å². The van der Waals surface area contributed by atoms with E-state index in [1.54, 1.807) is 0 Å². The van der Waals surface area contributed by atoms with Gasteiger partial charge in [-0.05, 0) is 42.6 Å². The van der Waals surface area contributed by atoms with Gasteiger partial charge < -0.3 is 5.32 Å². The molecule has 1 aliphatic heterocycles. The number of hydrogen-bond donors (Lipinski definition) is 1. The van der Waals surface area contributed by atoms with Crippen molar-refractivity contribution in [2.24, 2.45) is 0 Å². The van der Waals surface area contributed by atoms with Gasteiger partial charge in [0.25, 0.3) is 0 Å². The summed E-state index contributed by atoms with van der Waals surface area (Å²) in [5.74, 6) is -0.859. The fourth-order valence-electron chi connectivity index (χ4n) is 2.05. The predicted octanol–water partition coefficient (Wildman–Crippen LogP) is 2.92. The second kappa shape index (κ2) is 4.05. The summed E-state index contributed by atoms with van der Waals surface area (Å²) in [5, 5.41) is 2.98. The molecule has 1 N–H and O–H groups in total. The molecular weight excluding hydrogens is 222 g/mol. The van der Waals surface area contributed by atoms with E-state index >= 15 is 0 Å². The first-order chi connectivity index (χ1) is 7.48. The molecule has 1 fully saturated rings. The van der Waals surface area contributed by atoms with Gasteiger partial charge >= 0.3 is 6.18 Å². The van der Waals surface area contributed by atoms with Gasteiger partial charge in [0.05, 0.1) is 5.56 Å². The van der Waals surface area contributed by atoms with Crippen LogP contribution in [0.3, 0.4) is 0 Å². The molecule has 1 saturated heterocycles. The maximum Gasteiger partial charge on any atom is 0.416 e. The third-order valence-corrected chi connectivity index (χ3v) is 2.82. The first-order valence-electron chi connectivity index (χ1n) is 5.06. The van der Waals surface area contributed by atoms with Crippen molar-refractivity contribution in [3.8, 4) is 0 Å². The number of hydrogen-bond acceptors (Lipinski definition) is 1. The third-order valence-electron chi connectivity index (χ3n) is 2.82. The molecule has 0 spiro atoms. The molecule has 1 aromatic carbocycles. The molecule has 0 radical (unpaired) electrons. The maximum absolute atomic E-state index is 13.0. The normalized spacial score (nSPS) is 21.4. The van der Waals surface area contributed by atoms with Crippen LogP contribution < -0.4 is 5.32 Å². The van der Waals surface area contributed by atoms with Crippen molar-refractivity contribution in [2.75, 3.05) is 13.1 Å². The highest BCUT2D eigenvalue weighted by molar-refractivity contribution is 5.34. The van der Waals surface area contributed by atoms with Crippen LogP contribution in [0.4, 0.5) is 17.6 Å². The van der Waals surface area contributed by atoms with E-state index in [-0.39, 0.29) is 11.5 Å². The molecule has 88 valence electrons. The number of benzene rings is 1. The van der Waals surface area contributed by atoms with Gasteiger partial charge in [0.2, 0.25) is 0 Å². The Morgan fingerprint density at radius 1 is 1.25 bits per heavy atom. The van der Waals surface area contributed by atoms with Gasteiger partial charge in [-0.2, -0.15) is 13.2 Å². The molecule has 1 heterocycles. The minimum atomic E-state index is -4.41. The fourth-order valence-corrected chi connectivity index (χ4v) is 2.05. The van der Waals surface area contributed by atoms with Crippen LogP contribution in [-0.2, 0) is 6.18 Å². The highest BCUT2D eigenvalue weighted by Gasteiger charge is 2.35. The number of alkyl halides is 3. The minimum absolute atomic E-state index is 0.0671. The molecule has 5 heteroatoms. The summed E-state index contributed by atoms with van der Waals surface area (Å²) in [4.78, 5) is 0. The molecule has 0 aliphatic carbocycles. The Morgan fingerprint density at radius 2 is 2.00 bits per heavy atom. The molecule has 0 unspecified atom stereocenters. The Morgan fingerprint density at radius 3 is 2.56 bits per heavy atom. The van der Waals surface area contributed by atoms with E-state index < -0.39 is 17.6 Å². The van der Waals surface area contributed by atoms with E-state index in [4.69, 9.17) is 0 Å². The van der Waals surface area contributed by atoms with Crippen LogP contribution in [-0.4, -0.2) is 13.1 Å². The molecule has 1 atom stereocenters. The Kier molecular flexibility index (Phi) is 2.88. The second-order valence-corrected chi connectivity index (χ2v) is 3.92. The van der Waals surface area contributed by atoms with Gasteiger partial charge in [0.15, 0.2) is 0 Å². The van der Waals surface area contributed by atoms with Crippen LogP contribution in [0.25, 0.3) is 0 Å². The predicted molar refractivity (Wildman–Crippen MR) is 51.6 cm³/mol. The summed E-state index contributed by atoms with van der Waals surface area (Å²) >= 11 is 0. The lowest BCUT2D eigenvalue weighted by atomic mass is 9.93. The Hall–Kier alpha value is -1.10.